The Labute approximate surface area is 213 Å². The van der Waals surface area contributed by atoms with E-state index in [1.165, 1.54) is 0 Å². The molecule has 0 N–H and O–H groups in total. The van der Waals surface area contributed by atoms with Crippen LogP contribution >= 0.6 is 11.1 Å². The fourth-order valence-electron chi connectivity index (χ4n) is 2.33. The van der Waals surface area contributed by atoms with E-state index in [2.05, 4.69) is 11.1 Å². The SMILES string of the molecule is C[Si](C)(Cl)C(F)(F)C(F)(F)C(F)(F)C(F)(F)C(F)(F)C(F)(F)C(F)(F)C(F)(F)C(F)(F)C(F)(F)C(F)(F)C(F)(F)F. The van der Waals surface area contributed by atoms with Crippen molar-refractivity contribution < 1.29 is 110 Å². The summed E-state index contributed by atoms with van der Waals surface area (Å²) in [5, 5.41) is 0. The minimum absolute atomic E-state index is 0.322. The van der Waals surface area contributed by atoms with Crippen LogP contribution in [0.25, 0.3) is 0 Å². The molecule has 0 aromatic rings. The van der Waals surface area contributed by atoms with Crippen LogP contribution in [0.2, 0.25) is 13.1 Å². The topological polar surface area (TPSA) is 0 Å². The number of hydrogen-bond donors (Lipinski definition) is 0. The van der Waals surface area contributed by atoms with Crippen LogP contribution in [0.4, 0.5) is 110 Å². The van der Waals surface area contributed by atoms with Crippen LogP contribution in [-0.2, 0) is 0 Å². The lowest BCUT2D eigenvalue weighted by Gasteiger charge is -2.46. The van der Waals surface area contributed by atoms with Gasteiger partial charge in [0.1, 0.15) is 0 Å². The molecule has 0 spiro atoms. The van der Waals surface area contributed by atoms with Gasteiger partial charge in [0.25, 0.3) is 0 Å². The lowest BCUT2D eigenvalue weighted by Crippen LogP contribution is -2.79. The monoisotopic (exact) mass is 712 g/mol. The summed E-state index contributed by atoms with van der Waals surface area (Å²) < 4.78 is 332. The van der Waals surface area contributed by atoms with Crippen molar-refractivity contribution in [3.63, 3.8) is 0 Å². The Kier molecular flexibility index (Phi) is 9.09. The van der Waals surface area contributed by atoms with Crippen molar-refractivity contribution in [3.05, 3.63) is 0 Å². The van der Waals surface area contributed by atoms with Gasteiger partial charge in [-0.3, -0.25) is 0 Å². The fraction of sp³-hybridized carbons (Fsp3) is 1.00. The molecule has 0 amide bonds. The van der Waals surface area contributed by atoms with E-state index in [1.807, 2.05) is 0 Å². The van der Waals surface area contributed by atoms with Gasteiger partial charge in [-0.25, -0.2) is 8.78 Å². The zero-order valence-electron chi connectivity index (χ0n) is 18.3. The zero-order valence-corrected chi connectivity index (χ0v) is 20.1. The van der Waals surface area contributed by atoms with Crippen molar-refractivity contribution in [1.82, 2.24) is 0 Å². The molecule has 27 heteroatoms. The van der Waals surface area contributed by atoms with Crippen molar-refractivity contribution in [2.24, 2.45) is 0 Å². The first kappa shape index (κ1) is 39.8. The van der Waals surface area contributed by atoms with Crippen molar-refractivity contribution in [3.8, 4) is 0 Å². The summed E-state index contributed by atoms with van der Waals surface area (Å²) in [7, 11) is -5.93. The third-order valence-electron chi connectivity index (χ3n) is 5.05. The van der Waals surface area contributed by atoms with Crippen LogP contribution in [0.1, 0.15) is 0 Å². The van der Waals surface area contributed by atoms with Crippen molar-refractivity contribution in [2.75, 3.05) is 0 Å². The maximum absolute atomic E-state index is 13.7. The van der Waals surface area contributed by atoms with E-state index in [-0.39, 0.29) is 13.1 Å². The van der Waals surface area contributed by atoms with Crippen LogP contribution in [0.15, 0.2) is 0 Å². The molecule has 41 heavy (non-hydrogen) atoms. The molecule has 0 radical (unpaired) electrons. The van der Waals surface area contributed by atoms with E-state index in [0.717, 1.165) is 0 Å². The van der Waals surface area contributed by atoms with E-state index in [9.17, 15) is 110 Å². The second kappa shape index (κ2) is 9.38. The van der Waals surface area contributed by atoms with E-state index >= 15 is 0 Å². The Morgan fingerprint density at radius 1 is 0.293 bits per heavy atom. The maximum atomic E-state index is 13.7. The molecule has 0 aliphatic rings. The number of hydrogen-bond acceptors (Lipinski definition) is 0. The Morgan fingerprint density at radius 3 is 0.585 bits per heavy atom. The molecule has 0 aromatic heterocycles. The number of halogens is 26. The first-order valence-corrected chi connectivity index (χ1v) is 12.9. The molecule has 0 aromatic carbocycles. The molecule has 0 heterocycles. The van der Waals surface area contributed by atoms with Gasteiger partial charge in [-0.2, -0.15) is 112 Å². The average Bonchev–Trinajstić information content (AvgIpc) is 2.70. The van der Waals surface area contributed by atoms with Crippen LogP contribution in [-0.4, -0.2) is 78.3 Å². The molecule has 0 fully saturated rings. The maximum Gasteiger partial charge on any atom is 0.460 e. The van der Waals surface area contributed by atoms with Crippen LogP contribution < -0.4 is 0 Å². The summed E-state index contributed by atoms with van der Waals surface area (Å²) in [6.07, 6.45) is -8.16. The largest absolute Gasteiger partial charge is 0.460 e. The Hall–Kier alpha value is -1.24. The standard InChI is InChI=1S/C14H6ClF25Si/c1-41(2,15)14(39,40)12(34,35)10(30,31)8(26,27)6(22,23)4(18,19)3(16,17)5(20,21)7(24,25)9(28,29)11(32,33)13(36,37)38/h1-2H3. The Bertz CT molecular complexity index is 892. The summed E-state index contributed by atoms with van der Waals surface area (Å²) in [5.74, 6) is -91.4. The molecule has 0 atom stereocenters. The summed E-state index contributed by atoms with van der Waals surface area (Å²) in [6.45, 7) is -0.645. The zero-order chi connectivity index (χ0) is 34.5. The van der Waals surface area contributed by atoms with E-state index in [4.69, 9.17) is 0 Å². The minimum atomic E-state index is -9.59. The predicted octanol–water partition coefficient (Wildman–Crippen LogP) is 9.52. The fourth-order valence-corrected chi connectivity index (χ4v) is 3.59. The summed E-state index contributed by atoms with van der Waals surface area (Å²) in [5.41, 5.74) is -6.84. The Morgan fingerprint density at radius 2 is 0.439 bits per heavy atom. The molecular formula is C14H6ClF25Si. The molecule has 0 saturated carbocycles. The second-order valence-electron chi connectivity index (χ2n) is 8.29. The lowest BCUT2D eigenvalue weighted by molar-refractivity contribution is -0.480. The molecular weight excluding hydrogens is 707 g/mol. The first-order valence-electron chi connectivity index (χ1n) is 8.91. The normalized spacial score (nSPS) is 17.3. The van der Waals surface area contributed by atoms with Gasteiger partial charge in [-0.1, -0.05) is 13.1 Å². The molecule has 0 unspecified atom stereocenters. The average molecular weight is 713 g/mol. The molecule has 0 bridgehead atoms. The molecule has 248 valence electrons. The highest BCUT2D eigenvalue weighted by Crippen LogP contribution is 2.68. The van der Waals surface area contributed by atoms with Crippen molar-refractivity contribution in [2.45, 2.75) is 84.0 Å². The van der Waals surface area contributed by atoms with Crippen molar-refractivity contribution in [1.29, 1.82) is 0 Å². The lowest BCUT2D eigenvalue weighted by atomic mass is 9.85. The van der Waals surface area contributed by atoms with Crippen LogP contribution in [0, 0.1) is 0 Å². The van der Waals surface area contributed by atoms with E-state index in [1.54, 1.807) is 0 Å². The Balaban J connectivity index is 7.41. The highest BCUT2D eigenvalue weighted by molar-refractivity contribution is 7.20. The molecule has 0 aliphatic carbocycles. The summed E-state index contributed by atoms with van der Waals surface area (Å²) in [6, 6.07) is 0. The van der Waals surface area contributed by atoms with E-state index in [0.29, 0.717) is 0 Å². The van der Waals surface area contributed by atoms with Gasteiger partial charge >= 0.3 is 70.9 Å². The van der Waals surface area contributed by atoms with Gasteiger partial charge in [-0.15, -0.1) is 0 Å². The third-order valence-corrected chi connectivity index (χ3v) is 7.57. The van der Waals surface area contributed by atoms with Crippen LogP contribution in [0.3, 0.4) is 0 Å². The molecule has 0 saturated heterocycles. The van der Waals surface area contributed by atoms with Gasteiger partial charge in [-0.05, 0) is 0 Å². The minimum Gasteiger partial charge on any atom is -0.203 e. The summed E-state index contributed by atoms with van der Waals surface area (Å²) in [4.78, 5) is 0. The smallest absolute Gasteiger partial charge is 0.203 e. The highest BCUT2D eigenvalue weighted by atomic mass is 35.6. The molecule has 0 nitrogen and oxygen atoms in total. The first-order chi connectivity index (χ1) is 17.0. The van der Waals surface area contributed by atoms with Crippen molar-refractivity contribution >= 4 is 18.5 Å². The molecule has 0 aliphatic heterocycles. The third kappa shape index (κ3) is 4.59. The second-order valence-corrected chi connectivity index (χ2v) is 14.7. The summed E-state index contributed by atoms with van der Waals surface area (Å²) >= 11 is 4.64. The van der Waals surface area contributed by atoms with E-state index < -0.39 is 78.3 Å². The van der Waals surface area contributed by atoms with Gasteiger partial charge in [0.05, 0.1) is 0 Å². The molecule has 0 rings (SSSR count). The van der Waals surface area contributed by atoms with Crippen LogP contribution in [0.5, 0.6) is 0 Å². The number of alkyl halides is 25. The highest BCUT2D eigenvalue weighted by Gasteiger charge is 2.99. The predicted molar refractivity (Wildman–Crippen MR) is 83.8 cm³/mol. The van der Waals surface area contributed by atoms with Gasteiger partial charge in [0.2, 0.25) is 7.38 Å². The van der Waals surface area contributed by atoms with Gasteiger partial charge in [0, 0.05) is 0 Å². The van der Waals surface area contributed by atoms with Gasteiger partial charge in [0.15, 0.2) is 0 Å². The van der Waals surface area contributed by atoms with Gasteiger partial charge < -0.3 is 0 Å². The quantitative estimate of drug-likeness (QED) is 0.114. The number of rotatable bonds is 11.